The summed E-state index contributed by atoms with van der Waals surface area (Å²) in [5, 5.41) is 0. The molecule has 1 N–H and O–H groups in total. The van der Waals surface area contributed by atoms with E-state index in [1.165, 1.54) is 4.98 Å². The molecular formula is C3HF5N2OS. The Morgan fingerprint density at radius 1 is 1.25 bits per heavy atom. The number of nitrogens with one attached hydrogen (secondary N) is 1. The molecule has 0 saturated heterocycles. The second-order valence-electron chi connectivity index (χ2n) is 1.32. The van der Waals surface area contributed by atoms with Crippen LogP contribution in [0.3, 0.4) is 0 Å². The Hall–Kier alpha value is -0.990. The van der Waals surface area contributed by atoms with E-state index in [1.54, 1.807) is 0 Å². The fourth-order valence-electron chi connectivity index (χ4n) is 0.305. The maximum absolute atomic E-state index is 11.6. The molecule has 70 valence electrons. The average Bonchev–Trinajstić information content (AvgIpc) is 2.08. The monoisotopic (exact) mass is 208 g/mol. The molecule has 1 aromatic heterocycles. The highest BCUT2D eigenvalue weighted by atomic mass is 32.2. The third-order valence-electron chi connectivity index (χ3n) is 0.590. The van der Waals surface area contributed by atoms with E-state index in [0.29, 0.717) is 0 Å². The number of imidazole rings is 1. The molecule has 0 fully saturated rings. The molecule has 0 atom stereocenters. The van der Waals surface area contributed by atoms with Gasteiger partial charge < -0.3 is 0 Å². The summed E-state index contributed by atoms with van der Waals surface area (Å²) in [6.07, 6.45) is -1.25. The van der Waals surface area contributed by atoms with Gasteiger partial charge in [0.2, 0.25) is 5.95 Å². The molecule has 0 aliphatic heterocycles. The minimum absolute atomic E-state index is 1.25. The molecule has 0 unspecified atom stereocenters. The number of rotatable bonds is 0. The van der Waals surface area contributed by atoms with Crippen molar-refractivity contribution in [3.05, 3.63) is 18.0 Å². The van der Waals surface area contributed by atoms with Crippen molar-refractivity contribution in [3.63, 3.8) is 0 Å². The van der Waals surface area contributed by atoms with Crippen molar-refractivity contribution in [2.24, 2.45) is 0 Å². The van der Waals surface area contributed by atoms with E-state index in [-0.39, 0.29) is 0 Å². The molecule has 1 rings (SSSR count). The van der Waals surface area contributed by atoms with Crippen LogP contribution in [-0.4, -0.2) is 14.2 Å². The van der Waals surface area contributed by atoms with E-state index in [4.69, 9.17) is 4.21 Å². The molecule has 0 aliphatic rings. The van der Waals surface area contributed by atoms with Gasteiger partial charge in [-0.05, 0) is 0 Å². The standard InChI is InChI=1S/C3HF3N2.F2OS/c4-1-2(5)8-3(6)7-1;1-4(2)3/h(H,7,8);. The highest BCUT2D eigenvalue weighted by Gasteiger charge is 2.06. The molecule has 0 radical (unpaired) electrons. The van der Waals surface area contributed by atoms with Gasteiger partial charge >= 0.3 is 11.6 Å². The fraction of sp³-hybridized carbons (Fsp3) is 0. The second-order valence-corrected chi connectivity index (χ2v) is 1.69. The summed E-state index contributed by atoms with van der Waals surface area (Å²) >= 11 is -3.61. The molecule has 3 nitrogen and oxygen atoms in total. The molecule has 0 saturated carbocycles. The topological polar surface area (TPSA) is 45.8 Å². The Labute approximate surface area is 65.7 Å². The van der Waals surface area contributed by atoms with Gasteiger partial charge in [0.05, 0.1) is 0 Å². The molecule has 0 aromatic carbocycles. The average molecular weight is 208 g/mol. The lowest BCUT2D eigenvalue weighted by Gasteiger charge is -1.69. The van der Waals surface area contributed by atoms with Crippen molar-refractivity contribution < 1.29 is 25.2 Å². The summed E-state index contributed by atoms with van der Waals surface area (Å²) in [5.74, 6) is -2.81. The van der Waals surface area contributed by atoms with Crippen LogP contribution in [-0.2, 0) is 11.6 Å². The minimum Gasteiger partial charge on any atom is -0.288 e. The normalized spacial score (nSPS) is 9.50. The predicted molar refractivity (Wildman–Crippen MR) is 28.8 cm³/mol. The molecule has 0 aliphatic carbocycles. The van der Waals surface area contributed by atoms with Crippen molar-refractivity contribution in [3.8, 4) is 0 Å². The van der Waals surface area contributed by atoms with E-state index >= 15 is 0 Å². The Balaban J connectivity index is 0.000000261. The first-order valence-corrected chi connectivity index (χ1v) is 3.19. The predicted octanol–water partition coefficient (Wildman–Crippen LogP) is 1.33. The molecule has 1 heterocycles. The number of halogens is 5. The highest BCUT2D eigenvalue weighted by Crippen LogP contribution is 1.98. The molecular weight excluding hydrogens is 207 g/mol. The van der Waals surface area contributed by atoms with Crippen LogP contribution < -0.4 is 0 Å². The van der Waals surface area contributed by atoms with Gasteiger partial charge in [0, 0.05) is 0 Å². The Kier molecular flexibility index (Phi) is 4.40. The number of hydrogen-bond acceptors (Lipinski definition) is 2. The van der Waals surface area contributed by atoms with Gasteiger partial charge in [-0.3, -0.25) is 4.98 Å². The number of nitrogens with zero attached hydrogens (tertiary/aromatic N) is 1. The van der Waals surface area contributed by atoms with Gasteiger partial charge in [-0.2, -0.15) is 22.4 Å². The number of H-pyrrole nitrogens is 1. The van der Waals surface area contributed by atoms with Crippen molar-refractivity contribution >= 4 is 11.6 Å². The zero-order valence-electron chi connectivity index (χ0n) is 5.15. The van der Waals surface area contributed by atoms with Crippen LogP contribution in [0.15, 0.2) is 0 Å². The van der Waals surface area contributed by atoms with Crippen LogP contribution in [0.2, 0.25) is 0 Å². The lowest BCUT2D eigenvalue weighted by molar-refractivity contribution is 0.475. The number of aromatic nitrogens is 2. The quantitative estimate of drug-likeness (QED) is 0.516. The van der Waals surface area contributed by atoms with Crippen molar-refractivity contribution in [1.29, 1.82) is 0 Å². The minimum atomic E-state index is -3.61. The maximum atomic E-state index is 11.6. The smallest absolute Gasteiger partial charge is 0.288 e. The summed E-state index contributed by atoms with van der Waals surface area (Å²) in [6, 6.07) is 0. The van der Waals surface area contributed by atoms with Crippen LogP contribution in [0.4, 0.5) is 20.9 Å². The van der Waals surface area contributed by atoms with Crippen molar-refractivity contribution in [2.45, 2.75) is 0 Å². The molecule has 9 heteroatoms. The summed E-state index contributed by atoms with van der Waals surface area (Å²) in [7, 11) is 0. The summed E-state index contributed by atoms with van der Waals surface area (Å²) < 4.78 is 62.6. The Morgan fingerprint density at radius 3 is 1.75 bits per heavy atom. The zero-order valence-corrected chi connectivity index (χ0v) is 5.97. The molecule has 12 heavy (non-hydrogen) atoms. The summed E-state index contributed by atoms with van der Waals surface area (Å²) in [5.41, 5.74) is 0. The third-order valence-corrected chi connectivity index (χ3v) is 0.590. The van der Waals surface area contributed by atoms with E-state index in [2.05, 4.69) is 4.98 Å². The van der Waals surface area contributed by atoms with E-state index < -0.39 is 29.5 Å². The fourth-order valence-corrected chi connectivity index (χ4v) is 0.305. The van der Waals surface area contributed by atoms with Crippen LogP contribution >= 0.6 is 0 Å². The lowest BCUT2D eigenvalue weighted by Crippen LogP contribution is -1.75. The maximum Gasteiger partial charge on any atom is 0.385 e. The van der Waals surface area contributed by atoms with Gasteiger partial charge in [-0.15, -0.1) is 0 Å². The molecule has 0 spiro atoms. The lowest BCUT2D eigenvalue weighted by atomic mass is 10.9. The van der Waals surface area contributed by atoms with Gasteiger partial charge in [-0.1, -0.05) is 7.77 Å². The first-order chi connectivity index (χ1) is 5.43. The van der Waals surface area contributed by atoms with E-state index in [0.717, 1.165) is 0 Å². The van der Waals surface area contributed by atoms with Crippen LogP contribution in [0.25, 0.3) is 0 Å². The van der Waals surface area contributed by atoms with Gasteiger partial charge in [0.15, 0.2) is 0 Å². The number of aromatic amines is 1. The first kappa shape index (κ1) is 11.0. The molecule has 0 bridgehead atoms. The van der Waals surface area contributed by atoms with Gasteiger partial charge in [0.25, 0.3) is 12.0 Å². The van der Waals surface area contributed by atoms with Crippen LogP contribution in [0.1, 0.15) is 0 Å². The van der Waals surface area contributed by atoms with E-state index in [1.807, 2.05) is 0 Å². The van der Waals surface area contributed by atoms with Crippen LogP contribution in [0.5, 0.6) is 0 Å². The third kappa shape index (κ3) is 4.77. The zero-order chi connectivity index (χ0) is 9.72. The van der Waals surface area contributed by atoms with Crippen LogP contribution in [0, 0.1) is 18.0 Å². The summed E-state index contributed by atoms with van der Waals surface area (Å²) in [4.78, 5) is 3.83. The largest absolute Gasteiger partial charge is 0.385 e. The summed E-state index contributed by atoms with van der Waals surface area (Å²) in [6.45, 7) is 0. The van der Waals surface area contributed by atoms with E-state index in [9.17, 15) is 20.9 Å². The van der Waals surface area contributed by atoms with Gasteiger partial charge in [0.1, 0.15) is 0 Å². The van der Waals surface area contributed by atoms with Gasteiger partial charge in [-0.25, -0.2) is 0 Å². The Morgan fingerprint density at radius 2 is 1.67 bits per heavy atom. The molecule has 0 amide bonds. The van der Waals surface area contributed by atoms with Crippen molar-refractivity contribution in [1.82, 2.24) is 9.97 Å². The Bertz CT molecular complexity index is 252. The number of hydrogen-bond donors (Lipinski definition) is 1. The molecule has 1 aromatic rings. The SMILES string of the molecule is Fc1nc(F)c(F)[nH]1.O=S(F)F. The van der Waals surface area contributed by atoms with Crippen molar-refractivity contribution in [2.75, 3.05) is 0 Å². The highest BCUT2D eigenvalue weighted by molar-refractivity contribution is 7.74. The second kappa shape index (κ2) is 4.80. The first-order valence-electron chi connectivity index (χ1n) is 2.24.